The van der Waals surface area contributed by atoms with E-state index in [-0.39, 0.29) is 6.61 Å². The van der Waals surface area contributed by atoms with Gasteiger partial charge in [0.15, 0.2) is 0 Å². The second-order valence-corrected chi connectivity index (χ2v) is 6.00. The number of ether oxygens (including phenoxy) is 1. The van der Waals surface area contributed by atoms with Crippen LogP contribution in [0.4, 0.5) is 0 Å². The van der Waals surface area contributed by atoms with Crippen LogP contribution in [0, 0.1) is 6.92 Å². The van der Waals surface area contributed by atoms with Gasteiger partial charge in [0, 0.05) is 5.54 Å². The van der Waals surface area contributed by atoms with E-state index in [2.05, 4.69) is 32.9 Å². The Balaban J connectivity index is 2.45. The standard InChI is InChI=1S/C17H29NO2/c1-5-17(18,12-19)9-6-10-20-15-7-8-16(13(2)3)14(4)11-15/h7-8,11,13,19H,5-6,9-10,12,18H2,1-4H3. The van der Waals surface area contributed by atoms with Crippen molar-refractivity contribution in [3.63, 3.8) is 0 Å². The Morgan fingerprint density at radius 2 is 2.05 bits per heavy atom. The molecule has 3 N–H and O–H groups in total. The molecule has 0 spiro atoms. The highest BCUT2D eigenvalue weighted by Gasteiger charge is 2.20. The van der Waals surface area contributed by atoms with Crippen LogP contribution in [0.3, 0.4) is 0 Å². The average molecular weight is 279 g/mol. The van der Waals surface area contributed by atoms with Crippen molar-refractivity contribution in [2.45, 2.75) is 58.4 Å². The maximum absolute atomic E-state index is 9.25. The summed E-state index contributed by atoms with van der Waals surface area (Å²) >= 11 is 0. The molecule has 0 aromatic heterocycles. The van der Waals surface area contributed by atoms with Gasteiger partial charge in [-0.1, -0.05) is 26.8 Å². The third-order valence-corrected chi connectivity index (χ3v) is 3.97. The molecule has 0 heterocycles. The quantitative estimate of drug-likeness (QED) is 0.717. The molecular weight excluding hydrogens is 250 g/mol. The van der Waals surface area contributed by atoms with Gasteiger partial charge in [-0.05, 0) is 55.4 Å². The van der Waals surface area contributed by atoms with Gasteiger partial charge in [-0.2, -0.15) is 0 Å². The zero-order chi connectivity index (χ0) is 15.2. The molecule has 0 aliphatic carbocycles. The minimum atomic E-state index is -0.458. The zero-order valence-electron chi connectivity index (χ0n) is 13.3. The van der Waals surface area contributed by atoms with Crippen molar-refractivity contribution in [1.82, 2.24) is 0 Å². The van der Waals surface area contributed by atoms with Crippen molar-refractivity contribution >= 4 is 0 Å². The molecule has 1 unspecified atom stereocenters. The molecular formula is C17H29NO2. The number of rotatable bonds is 8. The number of aryl methyl sites for hydroxylation is 1. The van der Waals surface area contributed by atoms with Crippen LogP contribution in [-0.2, 0) is 0 Å². The topological polar surface area (TPSA) is 55.5 Å². The van der Waals surface area contributed by atoms with E-state index in [0.29, 0.717) is 12.5 Å². The van der Waals surface area contributed by atoms with Crippen molar-refractivity contribution < 1.29 is 9.84 Å². The van der Waals surface area contributed by atoms with Gasteiger partial charge in [-0.15, -0.1) is 0 Å². The molecule has 0 fully saturated rings. The number of nitrogens with two attached hydrogens (primary N) is 1. The number of benzene rings is 1. The summed E-state index contributed by atoms with van der Waals surface area (Å²) in [6.07, 6.45) is 2.42. The SMILES string of the molecule is CCC(N)(CO)CCCOc1ccc(C(C)C)c(C)c1. The smallest absolute Gasteiger partial charge is 0.119 e. The van der Waals surface area contributed by atoms with E-state index in [0.717, 1.165) is 25.0 Å². The molecule has 20 heavy (non-hydrogen) atoms. The Kier molecular flexibility index (Phi) is 6.50. The first-order chi connectivity index (χ1) is 9.41. The Hall–Kier alpha value is -1.06. The molecule has 1 aromatic carbocycles. The lowest BCUT2D eigenvalue weighted by atomic mass is 9.93. The maximum atomic E-state index is 9.25. The van der Waals surface area contributed by atoms with Gasteiger partial charge in [0.2, 0.25) is 0 Å². The molecule has 0 aliphatic rings. The third kappa shape index (κ3) is 4.80. The highest BCUT2D eigenvalue weighted by Crippen LogP contribution is 2.23. The van der Waals surface area contributed by atoms with Crippen LogP contribution in [0.2, 0.25) is 0 Å². The van der Waals surface area contributed by atoms with Crippen LogP contribution >= 0.6 is 0 Å². The van der Waals surface area contributed by atoms with Crippen molar-refractivity contribution in [2.75, 3.05) is 13.2 Å². The summed E-state index contributed by atoms with van der Waals surface area (Å²) in [4.78, 5) is 0. The molecule has 0 aliphatic heterocycles. The molecule has 0 amide bonds. The summed E-state index contributed by atoms with van der Waals surface area (Å²) in [6.45, 7) is 9.19. The van der Waals surface area contributed by atoms with E-state index in [1.807, 2.05) is 13.0 Å². The highest BCUT2D eigenvalue weighted by molar-refractivity contribution is 5.36. The summed E-state index contributed by atoms with van der Waals surface area (Å²) in [7, 11) is 0. The molecule has 0 saturated carbocycles. The van der Waals surface area contributed by atoms with Gasteiger partial charge >= 0.3 is 0 Å². The van der Waals surface area contributed by atoms with Gasteiger partial charge in [-0.3, -0.25) is 0 Å². The molecule has 0 radical (unpaired) electrons. The van der Waals surface area contributed by atoms with E-state index < -0.39 is 5.54 Å². The minimum absolute atomic E-state index is 0.0334. The fourth-order valence-electron chi connectivity index (χ4n) is 2.37. The summed E-state index contributed by atoms with van der Waals surface area (Å²) in [5.41, 5.74) is 8.23. The van der Waals surface area contributed by atoms with E-state index in [1.165, 1.54) is 11.1 Å². The van der Waals surface area contributed by atoms with Crippen LogP contribution in [0.1, 0.15) is 57.1 Å². The monoisotopic (exact) mass is 279 g/mol. The number of aliphatic hydroxyl groups excluding tert-OH is 1. The van der Waals surface area contributed by atoms with E-state index in [1.54, 1.807) is 0 Å². The summed E-state index contributed by atoms with van der Waals surface area (Å²) < 4.78 is 5.77. The van der Waals surface area contributed by atoms with Crippen molar-refractivity contribution in [3.05, 3.63) is 29.3 Å². The number of hydrogen-bond acceptors (Lipinski definition) is 3. The first-order valence-corrected chi connectivity index (χ1v) is 7.55. The normalized spacial score (nSPS) is 14.3. The van der Waals surface area contributed by atoms with Gasteiger partial charge < -0.3 is 15.6 Å². The van der Waals surface area contributed by atoms with Gasteiger partial charge in [0.1, 0.15) is 5.75 Å². The maximum Gasteiger partial charge on any atom is 0.119 e. The van der Waals surface area contributed by atoms with Crippen LogP contribution in [-0.4, -0.2) is 23.9 Å². The third-order valence-electron chi connectivity index (χ3n) is 3.97. The Bertz CT molecular complexity index is 411. The van der Waals surface area contributed by atoms with Crippen LogP contribution in [0.5, 0.6) is 5.75 Å². The highest BCUT2D eigenvalue weighted by atomic mass is 16.5. The largest absolute Gasteiger partial charge is 0.494 e. The molecule has 1 aromatic rings. The second-order valence-electron chi connectivity index (χ2n) is 6.00. The predicted molar refractivity (Wildman–Crippen MR) is 84.3 cm³/mol. The second kappa shape index (κ2) is 7.65. The van der Waals surface area contributed by atoms with Crippen LogP contribution < -0.4 is 10.5 Å². The lowest BCUT2D eigenvalue weighted by Gasteiger charge is -2.25. The Morgan fingerprint density at radius 1 is 1.35 bits per heavy atom. The van der Waals surface area contributed by atoms with Gasteiger partial charge in [0.05, 0.1) is 13.2 Å². The molecule has 114 valence electrons. The van der Waals surface area contributed by atoms with E-state index >= 15 is 0 Å². The number of aliphatic hydroxyl groups is 1. The van der Waals surface area contributed by atoms with E-state index in [4.69, 9.17) is 10.5 Å². The molecule has 3 nitrogen and oxygen atoms in total. The molecule has 1 rings (SSSR count). The fourth-order valence-corrected chi connectivity index (χ4v) is 2.37. The van der Waals surface area contributed by atoms with Gasteiger partial charge in [0.25, 0.3) is 0 Å². The lowest BCUT2D eigenvalue weighted by Crippen LogP contribution is -2.43. The fraction of sp³-hybridized carbons (Fsp3) is 0.647. The molecule has 0 bridgehead atoms. The summed E-state index contributed by atoms with van der Waals surface area (Å²) in [5.74, 6) is 1.45. The minimum Gasteiger partial charge on any atom is -0.494 e. The first-order valence-electron chi connectivity index (χ1n) is 7.55. The van der Waals surface area contributed by atoms with Crippen molar-refractivity contribution in [2.24, 2.45) is 5.73 Å². The molecule has 1 atom stereocenters. The van der Waals surface area contributed by atoms with E-state index in [9.17, 15) is 5.11 Å². The van der Waals surface area contributed by atoms with Crippen molar-refractivity contribution in [3.8, 4) is 5.75 Å². The van der Waals surface area contributed by atoms with Crippen LogP contribution in [0.15, 0.2) is 18.2 Å². The summed E-state index contributed by atoms with van der Waals surface area (Å²) in [6, 6.07) is 6.27. The Morgan fingerprint density at radius 3 is 2.55 bits per heavy atom. The summed E-state index contributed by atoms with van der Waals surface area (Å²) in [5, 5.41) is 9.25. The van der Waals surface area contributed by atoms with Gasteiger partial charge in [-0.25, -0.2) is 0 Å². The molecule has 3 heteroatoms. The first kappa shape index (κ1) is 17.0. The predicted octanol–water partition coefficient (Wildman–Crippen LogP) is 3.38. The zero-order valence-corrected chi connectivity index (χ0v) is 13.3. The Labute approximate surface area is 123 Å². The lowest BCUT2D eigenvalue weighted by molar-refractivity contribution is 0.171. The average Bonchev–Trinajstić information content (AvgIpc) is 2.43. The molecule has 0 saturated heterocycles. The van der Waals surface area contributed by atoms with Crippen LogP contribution in [0.25, 0.3) is 0 Å². The number of hydrogen-bond donors (Lipinski definition) is 2. The van der Waals surface area contributed by atoms with Crippen molar-refractivity contribution in [1.29, 1.82) is 0 Å².